The van der Waals surface area contributed by atoms with E-state index in [0.29, 0.717) is 6.04 Å². The molecule has 0 saturated carbocycles. The summed E-state index contributed by atoms with van der Waals surface area (Å²) in [5, 5.41) is 0. The molecule has 2 atom stereocenters. The number of hydrogen-bond acceptors (Lipinski definition) is 2. The second-order valence-electron chi connectivity index (χ2n) is 5.23. The van der Waals surface area contributed by atoms with Crippen LogP contribution in [0.4, 0.5) is 0 Å². The van der Waals surface area contributed by atoms with Crippen LogP contribution >= 0.6 is 0 Å². The molecule has 0 aliphatic rings. The minimum absolute atomic E-state index is 0.400. The van der Waals surface area contributed by atoms with Crippen molar-refractivity contribution in [2.75, 3.05) is 19.6 Å². The summed E-state index contributed by atoms with van der Waals surface area (Å²) in [5.74, 6) is 0.849. The molecule has 0 amide bonds. The number of nitrogens with two attached hydrogens (primary N) is 1. The van der Waals surface area contributed by atoms with E-state index < -0.39 is 0 Å². The maximum atomic E-state index is 6.25. The summed E-state index contributed by atoms with van der Waals surface area (Å²) < 4.78 is 0. The zero-order chi connectivity index (χ0) is 13.1. The van der Waals surface area contributed by atoms with Crippen LogP contribution in [0.1, 0.15) is 66.2 Å². The molecule has 0 rings (SSSR count). The average molecular weight is 242 g/mol. The highest BCUT2D eigenvalue weighted by Crippen LogP contribution is 2.19. The fourth-order valence-corrected chi connectivity index (χ4v) is 2.42. The molecule has 0 fully saturated rings. The first-order valence-corrected chi connectivity index (χ1v) is 7.65. The van der Waals surface area contributed by atoms with Crippen molar-refractivity contribution in [2.45, 2.75) is 72.3 Å². The number of hydrogen-bond donors (Lipinski definition) is 1. The Hall–Kier alpha value is -0.0800. The molecule has 0 heterocycles. The van der Waals surface area contributed by atoms with Crippen LogP contribution in [0.5, 0.6) is 0 Å². The molecular weight excluding hydrogens is 208 g/mol. The lowest BCUT2D eigenvalue weighted by Gasteiger charge is -2.23. The third-order valence-electron chi connectivity index (χ3n) is 3.89. The molecule has 2 unspecified atom stereocenters. The second-order valence-corrected chi connectivity index (χ2v) is 5.23. The second kappa shape index (κ2) is 11.0. The van der Waals surface area contributed by atoms with Crippen molar-refractivity contribution >= 4 is 0 Å². The van der Waals surface area contributed by atoms with Gasteiger partial charge in [-0.2, -0.15) is 0 Å². The Morgan fingerprint density at radius 3 is 2.12 bits per heavy atom. The molecule has 0 spiro atoms. The zero-order valence-electron chi connectivity index (χ0n) is 12.5. The molecule has 2 nitrogen and oxygen atoms in total. The monoisotopic (exact) mass is 242 g/mol. The van der Waals surface area contributed by atoms with Crippen LogP contribution in [0.3, 0.4) is 0 Å². The summed E-state index contributed by atoms with van der Waals surface area (Å²) in [5.41, 5.74) is 6.25. The Bertz CT molecular complexity index is 155. The molecule has 0 aliphatic heterocycles. The van der Waals surface area contributed by atoms with Gasteiger partial charge >= 0.3 is 0 Å². The van der Waals surface area contributed by atoms with Crippen molar-refractivity contribution in [3.05, 3.63) is 0 Å². The molecule has 0 radical (unpaired) electrons. The fraction of sp³-hybridized carbons (Fsp3) is 1.00. The molecule has 0 aliphatic carbocycles. The topological polar surface area (TPSA) is 29.3 Å². The molecule has 0 bridgehead atoms. The Morgan fingerprint density at radius 2 is 1.65 bits per heavy atom. The highest BCUT2D eigenvalue weighted by molar-refractivity contribution is 4.70. The largest absolute Gasteiger partial charge is 0.328 e. The van der Waals surface area contributed by atoms with Gasteiger partial charge in [-0.05, 0) is 38.4 Å². The summed E-state index contributed by atoms with van der Waals surface area (Å²) >= 11 is 0. The molecule has 0 aromatic rings. The average Bonchev–Trinajstić information content (AvgIpc) is 2.35. The van der Waals surface area contributed by atoms with Gasteiger partial charge in [-0.25, -0.2) is 0 Å². The van der Waals surface area contributed by atoms with Crippen molar-refractivity contribution in [3.63, 3.8) is 0 Å². The van der Waals surface area contributed by atoms with Crippen LogP contribution in [-0.4, -0.2) is 30.6 Å². The van der Waals surface area contributed by atoms with Gasteiger partial charge in [-0.1, -0.05) is 53.4 Å². The highest BCUT2D eigenvalue weighted by Gasteiger charge is 2.12. The molecule has 0 aromatic carbocycles. The van der Waals surface area contributed by atoms with Crippen molar-refractivity contribution < 1.29 is 0 Å². The van der Waals surface area contributed by atoms with Gasteiger partial charge in [0.15, 0.2) is 0 Å². The summed E-state index contributed by atoms with van der Waals surface area (Å²) in [6.45, 7) is 12.5. The molecule has 2 heteroatoms. The van der Waals surface area contributed by atoms with E-state index in [9.17, 15) is 0 Å². The van der Waals surface area contributed by atoms with E-state index in [1.807, 2.05) is 0 Å². The van der Waals surface area contributed by atoms with Gasteiger partial charge in [0.05, 0.1) is 0 Å². The highest BCUT2D eigenvalue weighted by atomic mass is 15.1. The Balaban J connectivity index is 3.77. The SMILES string of the molecule is CCCCC(CC)CC(N)CCN(CC)CC. The first-order valence-electron chi connectivity index (χ1n) is 7.65. The van der Waals surface area contributed by atoms with Crippen LogP contribution in [0.25, 0.3) is 0 Å². The van der Waals surface area contributed by atoms with E-state index in [4.69, 9.17) is 5.73 Å². The van der Waals surface area contributed by atoms with E-state index in [-0.39, 0.29) is 0 Å². The predicted octanol–water partition coefficient (Wildman–Crippen LogP) is 3.65. The summed E-state index contributed by atoms with van der Waals surface area (Å²) in [7, 11) is 0. The van der Waals surface area contributed by atoms with Crippen LogP contribution in [0, 0.1) is 5.92 Å². The number of unbranched alkanes of at least 4 members (excludes halogenated alkanes) is 1. The van der Waals surface area contributed by atoms with E-state index in [1.54, 1.807) is 0 Å². The van der Waals surface area contributed by atoms with Gasteiger partial charge in [0.25, 0.3) is 0 Å². The maximum Gasteiger partial charge on any atom is 0.00536 e. The first kappa shape index (κ1) is 16.9. The maximum absolute atomic E-state index is 6.25. The lowest BCUT2D eigenvalue weighted by molar-refractivity contribution is 0.276. The van der Waals surface area contributed by atoms with E-state index >= 15 is 0 Å². The Morgan fingerprint density at radius 1 is 1.00 bits per heavy atom. The molecule has 0 saturated heterocycles. The number of nitrogens with zero attached hydrogens (tertiary/aromatic N) is 1. The van der Waals surface area contributed by atoms with E-state index in [2.05, 4.69) is 32.6 Å². The fourth-order valence-electron chi connectivity index (χ4n) is 2.42. The summed E-state index contributed by atoms with van der Waals surface area (Å²) in [6, 6.07) is 0.400. The minimum atomic E-state index is 0.400. The first-order chi connectivity index (χ1) is 8.17. The van der Waals surface area contributed by atoms with Crippen LogP contribution in [0.2, 0.25) is 0 Å². The van der Waals surface area contributed by atoms with E-state index in [0.717, 1.165) is 25.4 Å². The normalized spacial score (nSPS) is 15.2. The van der Waals surface area contributed by atoms with Gasteiger partial charge < -0.3 is 10.6 Å². The van der Waals surface area contributed by atoms with Crippen molar-refractivity contribution in [3.8, 4) is 0 Å². The third kappa shape index (κ3) is 8.62. The minimum Gasteiger partial charge on any atom is -0.328 e. The van der Waals surface area contributed by atoms with Gasteiger partial charge in [-0.3, -0.25) is 0 Å². The van der Waals surface area contributed by atoms with Gasteiger partial charge in [0.2, 0.25) is 0 Å². The van der Waals surface area contributed by atoms with Crippen LogP contribution < -0.4 is 5.73 Å². The smallest absolute Gasteiger partial charge is 0.00536 e. The van der Waals surface area contributed by atoms with E-state index in [1.165, 1.54) is 38.6 Å². The number of rotatable bonds is 11. The van der Waals surface area contributed by atoms with Crippen LogP contribution in [0.15, 0.2) is 0 Å². The predicted molar refractivity (Wildman–Crippen MR) is 78.3 cm³/mol. The van der Waals surface area contributed by atoms with Gasteiger partial charge in [0.1, 0.15) is 0 Å². The third-order valence-corrected chi connectivity index (χ3v) is 3.89. The lowest BCUT2D eigenvalue weighted by atomic mass is 9.91. The van der Waals surface area contributed by atoms with Gasteiger partial charge in [-0.15, -0.1) is 0 Å². The summed E-state index contributed by atoms with van der Waals surface area (Å²) in [4.78, 5) is 2.47. The lowest BCUT2D eigenvalue weighted by Crippen LogP contribution is -2.31. The quantitative estimate of drug-likeness (QED) is 0.599. The molecule has 17 heavy (non-hydrogen) atoms. The Labute approximate surface area is 109 Å². The standard InChI is InChI=1S/C15H34N2/c1-5-9-10-14(6-2)13-15(16)11-12-17(7-3)8-4/h14-15H,5-13,16H2,1-4H3. The molecular formula is C15H34N2. The molecule has 0 aromatic heterocycles. The Kier molecular flexibility index (Phi) is 11.0. The molecule has 104 valence electrons. The molecule has 2 N–H and O–H groups in total. The van der Waals surface area contributed by atoms with Gasteiger partial charge in [0, 0.05) is 6.04 Å². The van der Waals surface area contributed by atoms with Crippen molar-refractivity contribution in [1.82, 2.24) is 4.90 Å². The summed E-state index contributed by atoms with van der Waals surface area (Å²) in [6.07, 6.45) is 7.71. The van der Waals surface area contributed by atoms with Crippen molar-refractivity contribution in [1.29, 1.82) is 0 Å². The van der Waals surface area contributed by atoms with Crippen molar-refractivity contribution in [2.24, 2.45) is 11.7 Å². The van der Waals surface area contributed by atoms with Crippen LogP contribution in [-0.2, 0) is 0 Å². The zero-order valence-corrected chi connectivity index (χ0v) is 12.5.